The number of hydrogen-bond acceptors (Lipinski definition) is 4. The Labute approximate surface area is 113 Å². The first-order valence-corrected chi connectivity index (χ1v) is 6.31. The first kappa shape index (κ1) is 15.0. The summed E-state index contributed by atoms with van der Waals surface area (Å²) >= 11 is 0. The van der Waals surface area contributed by atoms with Crippen LogP contribution in [0.15, 0.2) is 24.3 Å². The van der Waals surface area contributed by atoms with Crippen molar-refractivity contribution in [2.24, 2.45) is 0 Å². The third kappa shape index (κ3) is 4.62. The predicted octanol–water partition coefficient (Wildman–Crippen LogP) is 1.73. The van der Waals surface area contributed by atoms with E-state index in [1.807, 2.05) is 13.8 Å². The van der Waals surface area contributed by atoms with Gasteiger partial charge in [0, 0.05) is 11.7 Å². The number of hydrogen-bond donors (Lipinski definition) is 2. The summed E-state index contributed by atoms with van der Waals surface area (Å²) in [4.78, 5) is 23.5. The lowest BCUT2D eigenvalue weighted by molar-refractivity contribution is -0.129. The number of nitrogens with two attached hydrogens (primary N) is 1. The molecule has 0 heterocycles. The van der Waals surface area contributed by atoms with Crippen LogP contribution < -0.4 is 11.1 Å². The Bertz CT molecular complexity index is 460. The molecule has 0 aliphatic carbocycles. The minimum absolute atomic E-state index is 0.0565. The fourth-order valence-corrected chi connectivity index (χ4v) is 1.41. The fraction of sp³-hybridized carbons (Fsp3) is 0.429. The van der Waals surface area contributed by atoms with Gasteiger partial charge in [-0.25, -0.2) is 4.79 Å². The summed E-state index contributed by atoms with van der Waals surface area (Å²) in [6.45, 7) is 5.40. The summed E-state index contributed by atoms with van der Waals surface area (Å²) in [5.41, 5.74) is 6.40. The van der Waals surface area contributed by atoms with Crippen molar-refractivity contribution >= 4 is 17.6 Å². The average molecular weight is 264 g/mol. The van der Waals surface area contributed by atoms with E-state index in [4.69, 9.17) is 10.5 Å². The van der Waals surface area contributed by atoms with Crippen LogP contribution in [-0.4, -0.2) is 24.0 Å². The second-order valence-electron chi connectivity index (χ2n) is 4.49. The zero-order valence-electron chi connectivity index (χ0n) is 11.5. The molecule has 104 valence electrons. The number of anilines is 1. The van der Waals surface area contributed by atoms with Crippen LogP contribution in [0.1, 0.15) is 37.6 Å². The lowest BCUT2D eigenvalue weighted by Gasteiger charge is -2.16. The number of carbonyl (C=O) groups is 2. The zero-order valence-corrected chi connectivity index (χ0v) is 11.5. The van der Waals surface area contributed by atoms with Gasteiger partial charge in [-0.3, -0.25) is 4.79 Å². The van der Waals surface area contributed by atoms with Crippen molar-refractivity contribution in [3.05, 3.63) is 29.8 Å². The van der Waals surface area contributed by atoms with Gasteiger partial charge in [-0.1, -0.05) is 13.0 Å². The van der Waals surface area contributed by atoms with E-state index < -0.39 is 12.1 Å². The molecule has 1 aromatic rings. The topological polar surface area (TPSA) is 81.4 Å². The molecule has 1 rings (SSSR count). The Hall–Kier alpha value is -2.04. The quantitative estimate of drug-likeness (QED) is 0.627. The molecule has 0 radical (unpaired) electrons. The molecule has 2 atom stereocenters. The average Bonchev–Trinajstić information content (AvgIpc) is 2.38. The van der Waals surface area contributed by atoms with Gasteiger partial charge in [0.15, 0.2) is 6.10 Å². The Morgan fingerprint density at radius 1 is 1.37 bits per heavy atom. The summed E-state index contributed by atoms with van der Waals surface area (Å²) in [6, 6.07) is 6.51. The zero-order chi connectivity index (χ0) is 14.4. The number of amides is 1. The molecule has 3 N–H and O–H groups in total. The lowest BCUT2D eigenvalue weighted by Crippen LogP contribution is -2.40. The maximum absolute atomic E-state index is 11.8. The smallest absolute Gasteiger partial charge is 0.338 e. The number of nitrogen functional groups attached to an aromatic ring is 1. The van der Waals surface area contributed by atoms with Gasteiger partial charge in [-0.15, -0.1) is 0 Å². The van der Waals surface area contributed by atoms with Crippen LogP contribution in [0.2, 0.25) is 0 Å². The highest BCUT2D eigenvalue weighted by molar-refractivity contribution is 5.92. The fourth-order valence-electron chi connectivity index (χ4n) is 1.41. The Morgan fingerprint density at radius 2 is 2.05 bits per heavy atom. The standard InChI is InChI=1S/C14H20N2O3/c1-4-9(2)16-13(17)10(3)19-14(18)11-6-5-7-12(15)8-11/h5-10H,4,15H2,1-3H3,(H,16,17). The van der Waals surface area contributed by atoms with Crippen LogP contribution in [0.25, 0.3) is 0 Å². The molecule has 0 aromatic heterocycles. The van der Waals surface area contributed by atoms with Gasteiger partial charge in [-0.05, 0) is 38.5 Å². The van der Waals surface area contributed by atoms with Gasteiger partial charge in [0.2, 0.25) is 0 Å². The van der Waals surface area contributed by atoms with Crippen LogP contribution in [0.5, 0.6) is 0 Å². The molecular weight excluding hydrogens is 244 g/mol. The second-order valence-corrected chi connectivity index (χ2v) is 4.49. The number of carbonyl (C=O) groups excluding carboxylic acids is 2. The van der Waals surface area contributed by atoms with E-state index in [0.717, 1.165) is 6.42 Å². The number of ether oxygens (including phenoxy) is 1. The third-order valence-electron chi connectivity index (χ3n) is 2.78. The lowest BCUT2D eigenvalue weighted by atomic mass is 10.2. The monoisotopic (exact) mass is 264 g/mol. The third-order valence-corrected chi connectivity index (χ3v) is 2.78. The van der Waals surface area contributed by atoms with Crippen molar-refractivity contribution in [3.63, 3.8) is 0 Å². The highest BCUT2D eigenvalue weighted by Gasteiger charge is 2.19. The molecule has 0 spiro atoms. The van der Waals surface area contributed by atoms with E-state index in [-0.39, 0.29) is 11.9 Å². The summed E-state index contributed by atoms with van der Waals surface area (Å²) in [5.74, 6) is -0.856. The Morgan fingerprint density at radius 3 is 2.63 bits per heavy atom. The van der Waals surface area contributed by atoms with E-state index in [1.165, 1.54) is 6.07 Å². The Kier molecular flexibility index (Phi) is 5.36. The minimum atomic E-state index is -0.831. The van der Waals surface area contributed by atoms with E-state index in [0.29, 0.717) is 11.3 Å². The van der Waals surface area contributed by atoms with Gasteiger partial charge in [-0.2, -0.15) is 0 Å². The number of benzene rings is 1. The van der Waals surface area contributed by atoms with Gasteiger partial charge in [0.1, 0.15) is 0 Å². The van der Waals surface area contributed by atoms with Crippen LogP contribution in [0.3, 0.4) is 0 Å². The molecule has 0 aliphatic heterocycles. The van der Waals surface area contributed by atoms with Gasteiger partial charge in [0.25, 0.3) is 5.91 Å². The maximum Gasteiger partial charge on any atom is 0.338 e. The predicted molar refractivity (Wildman–Crippen MR) is 73.6 cm³/mol. The van der Waals surface area contributed by atoms with Crippen molar-refractivity contribution in [2.75, 3.05) is 5.73 Å². The van der Waals surface area contributed by atoms with Crippen molar-refractivity contribution in [1.29, 1.82) is 0 Å². The molecule has 1 aromatic carbocycles. The highest BCUT2D eigenvalue weighted by Crippen LogP contribution is 2.09. The van der Waals surface area contributed by atoms with Crippen molar-refractivity contribution < 1.29 is 14.3 Å². The molecule has 0 aliphatic rings. The van der Waals surface area contributed by atoms with Crippen LogP contribution in [0.4, 0.5) is 5.69 Å². The summed E-state index contributed by atoms with van der Waals surface area (Å²) in [6.07, 6.45) is -0.00956. The van der Waals surface area contributed by atoms with Crippen LogP contribution >= 0.6 is 0 Å². The van der Waals surface area contributed by atoms with E-state index in [9.17, 15) is 9.59 Å². The molecule has 19 heavy (non-hydrogen) atoms. The largest absolute Gasteiger partial charge is 0.449 e. The van der Waals surface area contributed by atoms with Crippen molar-refractivity contribution in [2.45, 2.75) is 39.3 Å². The van der Waals surface area contributed by atoms with Gasteiger partial charge in [0.05, 0.1) is 5.56 Å². The molecule has 1 amide bonds. The van der Waals surface area contributed by atoms with Gasteiger partial charge < -0.3 is 15.8 Å². The van der Waals surface area contributed by atoms with Crippen molar-refractivity contribution in [3.8, 4) is 0 Å². The SMILES string of the molecule is CCC(C)NC(=O)C(C)OC(=O)c1cccc(N)c1. The molecule has 0 bridgehead atoms. The molecule has 0 saturated heterocycles. The molecule has 0 saturated carbocycles. The molecule has 0 fully saturated rings. The first-order chi connectivity index (χ1) is 8.93. The van der Waals surface area contributed by atoms with Crippen LogP contribution in [-0.2, 0) is 9.53 Å². The summed E-state index contributed by atoms with van der Waals surface area (Å²) in [5, 5.41) is 2.76. The number of nitrogens with one attached hydrogen (secondary N) is 1. The summed E-state index contributed by atoms with van der Waals surface area (Å²) < 4.78 is 5.09. The van der Waals surface area contributed by atoms with Crippen molar-refractivity contribution in [1.82, 2.24) is 5.32 Å². The maximum atomic E-state index is 11.8. The molecule has 5 nitrogen and oxygen atoms in total. The number of esters is 1. The minimum Gasteiger partial charge on any atom is -0.449 e. The van der Waals surface area contributed by atoms with E-state index in [2.05, 4.69) is 5.32 Å². The normalized spacial score (nSPS) is 13.4. The van der Waals surface area contributed by atoms with E-state index >= 15 is 0 Å². The summed E-state index contributed by atoms with van der Waals surface area (Å²) in [7, 11) is 0. The molecule has 2 unspecified atom stereocenters. The molecular formula is C14H20N2O3. The van der Waals surface area contributed by atoms with Crippen LogP contribution in [0, 0.1) is 0 Å². The first-order valence-electron chi connectivity index (χ1n) is 6.31. The Balaban J connectivity index is 2.59. The van der Waals surface area contributed by atoms with Gasteiger partial charge >= 0.3 is 5.97 Å². The second kappa shape index (κ2) is 6.78. The van der Waals surface area contributed by atoms with E-state index in [1.54, 1.807) is 25.1 Å². The molecule has 5 heteroatoms. The highest BCUT2D eigenvalue weighted by atomic mass is 16.5. The number of rotatable bonds is 5.